The molecule has 2 heterocycles. The number of fused-ring (bicyclic) bond motifs is 1. The molecule has 1 aliphatic rings. The second-order valence-corrected chi connectivity index (χ2v) is 8.82. The fourth-order valence-electron chi connectivity index (χ4n) is 2.87. The van der Waals surface area contributed by atoms with Crippen LogP contribution in [0, 0.1) is 0 Å². The van der Waals surface area contributed by atoms with E-state index < -0.39 is 21.9 Å². The van der Waals surface area contributed by atoms with Crippen LogP contribution in [0.1, 0.15) is 31.4 Å². The highest BCUT2D eigenvalue weighted by Crippen LogP contribution is 2.29. The Morgan fingerprint density at radius 3 is 2.63 bits per heavy atom. The van der Waals surface area contributed by atoms with Crippen molar-refractivity contribution in [2.45, 2.75) is 43.1 Å². The summed E-state index contributed by atoms with van der Waals surface area (Å²) in [4.78, 5) is 8.09. The largest absolute Gasteiger partial charge is 0.435 e. The lowest BCUT2D eigenvalue weighted by molar-refractivity contribution is -0.141. The number of halogens is 3. The minimum Gasteiger partial charge on any atom is -0.353 e. The maximum absolute atomic E-state index is 12.9. The summed E-state index contributed by atoms with van der Waals surface area (Å²) in [7, 11) is -3.49. The molecular weight excluding hydrogens is 405 g/mol. The molecule has 0 unspecified atom stereocenters. The van der Waals surface area contributed by atoms with Gasteiger partial charge in [-0.25, -0.2) is 18.1 Å². The van der Waals surface area contributed by atoms with Gasteiger partial charge in [0.25, 0.3) is 0 Å². The van der Waals surface area contributed by atoms with Crippen molar-refractivity contribution in [3.8, 4) is 0 Å². The van der Waals surface area contributed by atoms with E-state index in [1.165, 1.54) is 0 Å². The molecule has 0 saturated heterocycles. The van der Waals surface area contributed by atoms with Crippen molar-refractivity contribution in [2.75, 3.05) is 23.9 Å². The highest BCUT2D eigenvalue weighted by atomic mass is 32.2. The van der Waals surface area contributed by atoms with Gasteiger partial charge < -0.3 is 5.32 Å². The van der Waals surface area contributed by atoms with E-state index >= 15 is 0 Å². The number of alkyl halides is 3. The van der Waals surface area contributed by atoms with Crippen molar-refractivity contribution >= 4 is 33.4 Å². The van der Waals surface area contributed by atoms with Crippen molar-refractivity contribution in [1.82, 2.24) is 24.3 Å². The van der Waals surface area contributed by atoms with Crippen LogP contribution in [-0.2, 0) is 16.2 Å². The molecule has 1 saturated carbocycles. The molecule has 8 nitrogen and oxygen atoms in total. The lowest BCUT2D eigenvalue weighted by Crippen LogP contribution is -2.36. The smallest absolute Gasteiger partial charge is 0.353 e. The van der Waals surface area contributed by atoms with E-state index in [-0.39, 0.29) is 35.1 Å². The minimum atomic E-state index is -4.61. The van der Waals surface area contributed by atoms with E-state index in [1.54, 1.807) is 6.26 Å². The van der Waals surface area contributed by atoms with Crippen molar-refractivity contribution in [2.24, 2.45) is 0 Å². The third-order valence-corrected chi connectivity index (χ3v) is 6.11. The molecule has 2 aromatic rings. The van der Waals surface area contributed by atoms with E-state index in [1.807, 2.05) is 0 Å². The zero-order chi connectivity index (χ0) is 19.7. The summed E-state index contributed by atoms with van der Waals surface area (Å²) in [6, 6.07) is 0.787. The van der Waals surface area contributed by atoms with Crippen molar-refractivity contribution in [3.63, 3.8) is 0 Å². The normalized spacial score (nSPS) is 16.3. The molecule has 13 heteroatoms. The van der Waals surface area contributed by atoms with Gasteiger partial charge in [-0.3, -0.25) is 0 Å². The van der Waals surface area contributed by atoms with E-state index in [0.717, 1.165) is 48.0 Å². The van der Waals surface area contributed by atoms with Crippen LogP contribution >= 0.6 is 11.8 Å². The molecule has 0 atom stereocenters. The zero-order valence-electron chi connectivity index (χ0n) is 14.5. The Bertz CT molecular complexity index is 909. The minimum absolute atomic E-state index is 0.0101. The second kappa shape index (κ2) is 7.80. The van der Waals surface area contributed by atoms with E-state index in [2.05, 4.69) is 25.1 Å². The number of aromatic nitrogens is 4. The van der Waals surface area contributed by atoms with Crippen LogP contribution < -0.4 is 10.0 Å². The van der Waals surface area contributed by atoms with Crippen molar-refractivity contribution < 1.29 is 21.6 Å². The van der Waals surface area contributed by atoms with Gasteiger partial charge in [-0.1, -0.05) is 24.6 Å². The van der Waals surface area contributed by atoms with Crippen molar-refractivity contribution in [1.29, 1.82) is 0 Å². The lowest BCUT2D eigenvalue weighted by atomic mass is 10.3. The van der Waals surface area contributed by atoms with Crippen LogP contribution in [0.4, 0.5) is 19.1 Å². The predicted molar refractivity (Wildman–Crippen MR) is 95.2 cm³/mol. The van der Waals surface area contributed by atoms with Crippen LogP contribution in [0.25, 0.3) is 5.65 Å². The number of rotatable bonds is 7. The Kier molecular flexibility index (Phi) is 5.82. The Morgan fingerprint density at radius 1 is 1.30 bits per heavy atom. The zero-order valence-corrected chi connectivity index (χ0v) is 16.1. The number of nitrogens with one attached hydrogen (secondary N) is 2. The molecule has 150 valence electrons. The molecule has 0 radical (unpaired) electrons. The maximum Gasteiger partial charge on any atom is 0.435 e. The summed E-state index contributed by atoms with van der Waals surface area (Å²) < 4.78 is 66.6. The molecule has 0 aromatic carbocycles. The first-order valence-corrected chi connectivity index (χ1v) is 11.2. The number of anilines is 1. The van der Waals surface area contributed by atoms with Gasteiger partial charge in [-0.15, -0.1) is 0 Å². The highest BCUT2D eigenvalue weighted by Gasteiger charge is 2.35. The summed E-state index contributed by atoms with van der Waals surface area (Å²) in [6.45, 7) is -0.0246. The molecular formula is C14H19F3N6O2S2. The van der Waals surface area contributed by atoms with Gasteiger partial charge >= 0.3 is 6.18 Å². The Morgan fingerprint density at radius 2 is 2.00 bits per heavy atom. The quantitative estimate of drug-likeness (QED) is 0.657. The van der Waals surface area contributed by atoms with Gasteiger partial charge in [0.2, 0.25) is 16.0 Å². The summed E-state index contributed by atoms with van der Waals surface area (Å²) in [6.07, 6.45) is 0.727. The van der Waals surface area contributed by atoms with Gasteiger partial charge in [0, 0.05) is 18.7 Å². The number of sulfonamides is 1. The van der Waals surface area contributed by atoms with Gasteiger partial charge in [-0.2, -0.15) is 27.8 Å². The summed E-state index contributed by atoms with van der Waals surface area (Å²) in [5.74, 6) is -0.215. The second-order valence-electron chi connectivity index (χ2n) is 6.18. The van der Waals surface area contributed by atoms with Crippen LogP contribution in [-0.4, -0.2) is 52.6 Å². The van der Waals surface area contributed by atoms with Gasteiger partial charge in [0.05, 0.1) is 5.75 Å². The number of hydrogen-bond donors (Lipinski definition) is 2. The Balaban J connectivity index is 1.74. The first kappa shape index (κ1) is 20.1. The molecule has 0 bridgehead atoms. The molecule has 0 aliphatic heterocycles. The fraction of sp³-hybridized carbons (Fsp3) is 0.643. The number of hydrogen-bond acceptors (Lipinski definition) is 7. The van der Waals surface area contributed by atoms with Gasteiger partial charge in [-0.05, 0) is 19.1 Å². The van der Waals surface area contributed by atoms with Crippen LogP contribution in [0.5, 0.6) is 0 Å². The molecule has 0 spiro atoms. The summed E-state index contributed by atoms with van der Waals surface area (Å²) >= 11 is 1.16. The molecule has 2 N–H and O–H groups in total. The third-order valence-electron chi connectivity index (χ3n) is 4.13. The average molecular weight is 424 g/mol. The molecule has 27 heavy (non-hydrogen) atoms. The Hall–Kier alpha value is -1.60. The summed E-state index contributed by atoms with van der Waals surface area (Å²) in [5, 5.41) is 6.50. The molecule has 1 fully saturated rings. The third kappa shape index (κ3) is 5.02. The van der Waals surface area contributed by atoms with E-state index in [0.29, 0.717) is 0 Å². The topological polar surface area (TPSA) is 101 Å². The van der Waals surface area contributed by atoms with Crippen LogP contribution in [0.15, 0.2) is 11.2 Å². The first-order chi connectivity index (χ1) is 12.7. The van der Waals surface area contributed by atoms with E-state index in [9.17, 15) is 21.6 Å². The highest BCUT2D eigenvalue weighted by molar-refractivity contribution is 7.98. The van der Waals surface area contributed by atoms with Gasteiger partial charge in [0.15, 0.2) is 16.5 Å². The maximum atomic E-state index is 12.9. The Labute approximate surface area is 158 Å². The van der Waals surface area contributed by atoms with Crippen LogP contribution in [0.2, 0.25) is 0 Å². The molecule has 2 aromatic heterocycles. The monoisotopic (exact) mass is 424 g/mol. The molecule has 3 rings (SSSR count). The molecule has 0 amide bonds. The summed E-state index contributed by atoms with van der Waals surface area (Å²) in [5.41, 5.74) is -1.11. The SMILES string of the molecule is CSc1nc(NCCS(=O)(=O)NC2CCCC2)n2nc(C(F)(F)F)cc2n1. The predicted octanol–water partition coefficient (Wildman–Crippen LogP) is 2.14. The average Bonchev–Trinajstić information content (AvgIpc) is 3.22. The van der Waals surface area contributed by atoms with Crippen molar-refractivity contribution in [3.05, 3.63) is 11.8 Å². The first-order valence-electron chi connectivity index (χ1n) is 8.31. The number of thioether (sulfide) groups is 1. The fourth-order valence-corrected chi connectivity index (χ4v) is 4.46. The lowest BCUT2D eigenvalue weighted by Gasteiger charge is -2.13. The standard InChI is InChI=1S/C14H19F3N6O2S2/c1-26-13-19-11-8-10(14(15,16)17)21-23(11)12(20-13)18-6-7-27(24,25)22-9-4-2-3-5-9/h8-9,22H,2-7H2,1H3,(H,18,19,20). The molecule has 1 aliphatic carbocycles. The number of nitrogens with zero attached hydrogens (tertiary/aromatic N) is 4. The van der Waals surface area contributed by atoms with Crippen LogP contribution in [0.3, 0.4) is 0 Å². The van der Waals surface area contributed by atoms with E-state index in [4.69, 9.17) is 0 Å². The van der Waals surface area contributed by atoms with Gasteiger partial charge in [0.1, 0.15) is 0 Å².